The number of nitro groups is 1. The van der Waals surface area contributed by atoms with Gasteiger partial charge in [-0.3, -0.25) is 14.9 Å². The summed E-state index contributed by atoms with van der Waals surface area (Å²) in [4.78, 5) is 40.2. The van der Waals surface area contributed by atoms with Crippen molar-refractivity contribution in [3.05, 3.63) is 80.9 Å². The Morgan fingerprint density at radius 1 is 0.972 bits per heavy atom. The SMILES string of the molecule is CCN(CC)C(=O)c1ccc(C(=C2CCN(C(=O)OC(C)(C)C)CC2)c2ccccc2[N+](=O)[O-])cc1. The highest BCUT2D eigenvalue weighted by Crippen LogP contribution is 2.37. The molecule has 0 aromatic heterocycles. The summed E-state index contributed by atoms with van der Waals surface area (Å²) in [5.74, 6) is -0.0443. The summed E-state index contributed by atoms with van der Waals surface area (Å²) >= 11 is 0. The third kappa shape index (κ3) is 6.30. The number of ether oxygens (including phenoxy) is 1. The van der Waals surface area contributed by atoms with E-state index in [1.165, 1.54) is 6.07 Å². The molecule has 2 amide bonds. The van der Waals surface area contributed by atoms with Crippen LogP contribution in [-0.4, -0.2) is 58.5 Å². The molecule has 1 fully saturated rings. The summed E-state index contributed by atoms with van der Waals surface area (Å²) in [5.41, 5.74) is 3.19. The van der Waals surface area contributed by atoms with Crippen molar-refractivity contribution in [3.8, 4) is 0 Å². The zero-order valence-corrected chi connectivity index (χ0v) is 21.7. The number of hydrogen-bond acceptors (Lipinski definition) is 5. The van der Waals surface area contributed by atoms with Crippen LogP contribution in [0.1, 0.15) is 68.9 Å². The van der Waals surface area contributed by atoms with Crippen LogP contribution in [0.25, 0.3) is 5.57 Å². The van der Waals surface area contributed by atoms with Crippen LogP contribution >= 0.6 is 0 Å². The lowest BCUT2D eigenvalue weighted by Gasteiger charge is -2.32. The summed E-state index contributed by atoms with van der Waals surface area (Å²) < 4.78 is 5.51. The molecule has 8 nitrogen and oxygen atoms in total. The Kier molecular flexibility index (Phi) is 8.50. The van der Waals surface area contributed by atoms with E-state index in [9.17, 15) is 19.7 Å². The number of likely N-dealkylation sites (tertiary alicyclic amines) is 1. The molecule has 1 aliphatic rings. The van der Waals surface area contributed by atoms with Gasteiger partial charge in [0.05, 0.1) is 10.5 Å². The van der Waals surface area contributed by atoms with Gasteiger partial charge < -0.3 is 14.5 Å². The van der Waals surface area contributed by atoms with E-state index >= 15 is 0 Å². The van der Waals surface area contributed by atoms with Crippen LogP contribution in [0.3, 0.4) is 0 Å². The van der Waals surface area contributed by atoms with Crippen LogP contribution in [0.15, 0.2) is 54.1 Å². The van der Waals surface area contributed by atoms with Gasteiger partial charge in [0.25, 0.3) is 11.6 Å². The Balaban J connectivity index is 2.00. The minimum Gasteiger partial charge on any atom is -0.444 e. The maximum absolute atomic E-state index is 12.8. The van der Waals surface area contributed by atoms with Crippen molar-refractivity contribution in [2.24, 2.45) is 0 Å². The van der Waals surface area contributed by atoms with Gasteiger partial charge in [-0.2, -0.15) is 0 Å². The molecule has 2 aromatic carbocycles. The standard InChI is InChI=1S/C28H35N3O5/c1-6-29(7-2)26(32)22-14-12-20(13-15-22)25(23-10-8-9-11-24(23)31(34)35)21-16-18-30(19-17-21)27(33)36-28(3,4)5/h8-15H,6-7,16-19H2,1-5H3. The quantitative estimate of drug-likeness (QED) is 0.368. The van der Waals surface area contributed by atoms with Gasteiger partial charge in [-0.15, -0.1) is 0 Å². The molecule has 0 unspecified atom stereocenters. The molecule has 0 atom stereocenters. The summed E-state index contributed by atoms with van der Waals surface area (Å²) in [7, 11) is 0. The lowest BCUT2D eigenvalue weighted by Crippen LogP contribution is -2.40. The molecule has 192 valence electrons. The van der Waals surface area contributed by atoms with E-state index in [0.717, 1.165) is 16.7 Å². The van der Waals surface area contributed by atoms with Crippen LogP contribution in [0, 0.1) is 10.1 Å². The van der Waals surface area contributed by atoms with Crippen LogP contribution in [0.5, 0.6) is 0 Å². The van der Waals surface area contributed by atoms with Crippen molar-refractivity contribution < 1.29 is 19.2 Å². The smallest absolute Gasteiger partial charge is 0.410 e. The number of benzene rings is 2. The zero-order chi connectivity index (χ0) is 26.5. The van der Waals surface area contributed by atoms with E-state index in [2.05, 4.69) is 0 Å². The molecule has 3 rings (SSSR count). The fraction of sp³-hybridized carbons (Fsp3) is 0.429. The summed E-state index contributed by atoms with van der Waals surface area (Å²) in [6.07, 6.45) is 0.787. The Morgan fingerprint density at radius 3 is 2.06 bits per heavy atom. The van der Waals surface area contributed by atoms with Gasteiger partial charge in [-0.25, -0.2) is 4.79 Å². The van der Waals surface area contributed by atoms with Gasteiger partial charge >= 0.3 is 6.09 Å². The van der Waals surface area contributed by atoms with Crippen LogP contribution in [-0.2, 0) is 4.74 Å². The molecular formula is C28H35N3O5. The molecule has 36 heavy (non-hydrogen) atoms. The van der Waals surface area contributed by atoms with Crippen molar-refractivity contribution in [2.75, 3.05) is 26.2 Å². The molecule has 1 saturated heterocycles. The third-order valence-electron chi connectivity index (χ3n) is 6.21. The summed E-state index contributed by atoms with van der Waals surface area (Å²) in [5, 5.41) is 11.9. The van der Waals surface area contributed by atoms with Crippen LogP contribution in [0.4, 0.5) is 10.5 Å². The number of carbonyl (C=O) groups excluding carboxylic acids is 2. The summed E-state index contributed by atoms with van der Waals surface area (Å²) in [6, 6.07) is 14.0. The van der Waals surface area contributed by atoms with Crippen LogP contribution in [0.2, 0.25) is 0 Å². The first kappa shape index (κ1) is 26.9. The number of nitro benzene ring substituents is 1. The first-order valence-electron chi connectivity index (χ1n) is 12.4. The molecule has 0 spiro atoms. The molecule has 0 saturated carbocycles. The fourth-order valence-corrected chi connectivity index (χ4v) is 4.40. The summed E-state index contributed by atoms with van der Waals surface area (Å²) in [6.45, 7) is 11.6. The minimum atomic E-state index is -0.576. The number of para-hydroxylation sites is 1. The van der Waals surface area contributed by atoms with Gasteiger partial charge in [0, 0.05) is 37.8 Å². The molecule has 8 heteroatoms. The highest BCUT2D eigenvalue weighted by molar-refractivity contribution is 5.95. The van der Waals surface area contributed by atoms with Crippen molar-refractivity contribution in [2.45, 2.75) is 53.1 Å². The molecule has 2 aromatic rings. The van der Waals surface area contributed by atoms with Crippen molar-refractivity contribution in [1.82, 2.24) is 9.80 Å². The van der Waals surface area contributed by atoms with E-state index in [0.29, 0.717) is 50.1 Å². The largest absolute Gasteiger partial charge is 0.444 e. The topological polar surface area (TPSA) is 93.0 Å². The molecule has 0 radical (unpaired) electrons. The van der Waals surface area contributed by atoms with E-state index in [1.54, 1.807) is 40.1 Å². The number of amides is 2. The first-order chi connectivity index (χ1) is 17.1. The lowest BCUT2D eigenvalue weighted by atomic mass is 9.87. The average molecular weight is 494 g/mol. The average Bonchev–Trinajstić information content (AvgIpc) is 2.85. The van der Waals surface area contributed by atoms with Gasteiger partial charge in [-0.05, 0) is 76.8 Å². The second kappa shape index (κ2) is 11.4. The van der Waals surface area contributed by atoms with Gasteiger partial charge in [0.15, 0.2) is 0 Å². The highest BCUT2D eigenvalue weighted by Gasteiger charge is 2.28. The van der Waals surface area contributed by atoms with E-state index in [-0.39, 0.29) is 22.6 Å². The second-order valence-corrected chi connectivity index (χ2v) is 9.77. The maximum atomic E-state index is 12.8. The fourth-order valence-electron chi connectivity index (χ4n) is 4.40. The number of nitrogens with zero attached hydrogens (tertiary/aromatic N) is 3. The highest BCUT2D eigenvalue weighted by atomic mass is 16.6. The Bertz CT molecular complexity index is 1130. The molecule has 1 aliphatic heterocycles. The van der Waals surface area contributed by atoms with Gasteiger partial charge in [0.1, 0.15) is 5.60 Å². The minimum absolute atomic E-state index is 0.0258. The molecule has 0 aliphatic carbocycles. The van der Waals surface area contributed by atoms with E-state index in [4.69, 9.17) is 4.74 Å². The number of rotatable bonds is 6. The zero-order valence-electron chi connectivity index (χ0n) is 21.7. The predicted octanol–water partition coefficient (Wildman–Crippen LogP) is 5.91. The number of piperidine rings is 1. The second-order valence-electron chi connectivity index (χ2n) is 9.77. The maximum Gasteiger partial charge on any atom is 0.410 e. The third-order valence-corrected chi connectivity index (χ3v) is 6.21. The Labute approximate surface area is 212 Å². The molecular weight excluding hydrogens is 458 g/mol. The Morgan fingerprint density at radius 2 is 1.53 bits per heavy atom. The Hall–Kier alpha value is -3.68. The number of hydrogen-bond donors (Lipinski definition) is 0. The normalized spacial score (nSPS) is 13.8. The van der Waals surface area contributed by atoms with E-state index < -0.39 is 5.60 Å². The molecule has 0 bridgehead atoms. The first-order valence-corrected chi connectivity index (χ1v) is 12.4. The van der Waals surface area contributed by atoms with Gasteiger partial charge in [-0.1, -0.05) is 29.8 Å². The van der Waals surface area contributed by atoms with Gasteiger partial charge in [0.2, 0.25) is 0 Å². The predicted molar refractivity (Wildman–Crippen MR) is 140 cm³/mol. The molecule has 0 N–H and O–H groups in total. The lowest BCUT2D eigenvalue weighted by molar-refractivity contribution is -0.385. The molecule has 1 heterocycles. The van der Waals surface area contributed by atoms with Crippen molar-refractivity contribution in [3.63, 3.8) is 0 Å². The van der Waals surface area contributed by atoms with Crippen LogP contribution < -0.4 is 0 Å². The monoisotopic (exact) mass is 493 g/mol. The van der Waals surface area contributed by atoms with Crippen molar-refractivity contribution >= 4 is 23.3 Å². The van der Waals surface area contributed by atoms with Crippen molar-refractivity contribution in [1.29, 1.82) is 0 Å². The number of carbonyl (C=O) groups is 2. The van der Waals surface area contributed by atoms with E-state index in [1.807, 2.05) is 46.8 Å².